The first-order valence-electron chi connectivity index (χ1n) is 8.42. The number of aryl methyl sites for hydroxylation is 2. The lowest BCUT2D eigenvalue weighted by Crippen LogP contribution is -2.49. The summed E-state index contributed by atoms with van der Waals surface area (Å²) >= 11 is 0. The molecule has 0 saturated carbocycles. The monoisotopic (exact) mass is 348 g/mol. The number of piperazine rings is 1. The van der Waals surface area contributed by atoms with E-state index in [1.165, 1.54) is 6.07 Å². The molecular formula is C18H22F2N4O. The molecule has 2 aromatic rings. The molecule has 5 nitrogen and oxygen atoms in total. The Morgan fingerprint density at radius 2 is 1.76 bits per heavy atom. The maximum atomic E-state index is 13.3. The Labute approximate surface area is 145 Å². The van der Waals surface area contributed by atoms with Crippen molar-refractivity contribution < 1.29 is 13.6 Å². The lowest BCUT2D eigenvalue weighted by atomic mass is 10.1. The number of hydrogen-bond acceptors (Lipinski definition) is 3. The number of hydrogen-bond donors (Lipinski definition) is 0. The largest absolute Gasteiger partial charge is 0.336 e. The van der Waals surface area contributed by atoms with E-state index in [1.807, 2.05) is 18.5 Å². The van der Waals surface area contributed by atoms with E-state index < -0.39 is 11.6 Å². The summed E-state index contributed by atoms with van der Waals surface area (Å²) in [5.74, 6) is -2.18. The van der Waals surface area contributed by atoms with Crippen LogP contribution in [0.5, 0.6) is 0 Å². The summed E-state index contributed by atoms with van der Waals surface area (Å²) < 4.78 is 28.3. The van der Waals surface area contributed by atoms with Crippen LogP contribution in [0.2, 0.25) is 0 Å². The second-order valence-corrected chi connectivity index (χ2v) is 6.41. The van der Waals surface area contributed by atoms with E-state index in [2.05, 4.69) is 16.1 Å². The lowest BCUT2D eigenvalue weighted by molar-refractivity contribution is 0.0631. The van der Waals surface area contributed by atoms with E-state index in [-0.39, 0.29) is 11.5 Å². The molecule has 0 N–H and O–H groups in total. The molecule has 1 aromatic heterocycles. The Morgan fingerprint density at radius 3 is 2.36 bits per heavy atom. The number of carbonyl (C=O) groups is 1. The molecule has 134 valence electrons. The SMILES string of the molecule is Cc1cc(C)n(CCN2CCN(C(=O)c3ccc(F)c(F)c3)CC2)n1. The van der Waals surface area contributed by atoms with Gasteiger partial charge in [-0.3, -0.25) is 14.4 Å². The predicted octanol–water partition coefficient (Wildman–Crippen LogP) is 2.24. The Hall–Kier alpha value is -2.28. The van der Waals surface area contributed by atoms with Gasteiger partial charge in [0.2, 0.25) is 0 Å². The Bertz CT molecular complexity index is 766. The molecule has 0 unspecified atom stereocenters. The first kappa shape index (κ1) is 17.5. The average molecular weight is 348 g/mol. The molecule has 0 spiro atoms. The van der Waals surface area contributed by atoms with Crippen LogP contribution in [0.4, 0.5) is 8.78 Å². The van der Waals surface area contributed by atoms with Gasteiger partial charge in [-0.15, -0.1) is 0 Å². The topological polar surface area (TPSA) is 41.4 Å². The molecule has 1 amide bonds. The van der Waals surface area contributed by atoms with E-state index in [9.17, 15) is 13.6 Å². The zero-order valence-corrected chi connectivity index (χ0v) is 14.5. The molecule has 1 saturated heterocycles. The van der Waals surface area contributed by atoms with Gasteiger partial charge in [-0.1, -0.05) is 0 Å². The summed E-state index contributed by atoms with van der Waals surface area (Å²) in [5, 5.41) is 4.45. The summed E-state index contributed by atoms with van der Waals surface area (Å²) in [6.07, 6.45) is 0. The third-order valence-corrected chi connectivity index (χ3v) is 4.56. The van der Waals surface area contributed by atoms with Crippen molar-refractivity contribution in [1.82, 2.24) is 19.6 Å². The van der Waals surface area contributed by atoms with Crippen LogP contribution in [0.25, 0.3) is 0 Å². The fraction of sp³-hybridized carbons (Fsp3) is 0.444. The molecule has 25 heavy (non-hydrogen) atoms. The fourth-order valence-electron chi connectivity index (χ4n) is 3.12. The first-order chi connectivity index (χ1) is 11.9. The number of aromatic nitrogens is 2. The number of amides is 1. The maximum Gasteiger partial charge on any atom is 0.254 e. The third-order valence-electron chi connectivity index (χ3n) is 4.56. The van der Waals surface area contributed by atoms with Crippen LogP contribution in [0.1, 0.15) is 21.7 Å². The van der Waals surface area contributed by atoms with E-state index in [0.717, 1.165) is 49.7 Å². The van der Waals surface area contributed by atoms with Gasteiger partial charge in [0.05, 0.1) is 12.2 Å². The maximum absolute atomic E-state index is 13.3. The average Bonchev–Trinajstić information content (AvgIpc) is 2.93. The molecule has 0 atom stereocenters. The summed E-state index contributed by atoms with van der Waals surface area (Å²) in [5.41, 5.74) is 2.35. The highest BCUT2D eigenvalue weighted by molar-refractivity contribution is 5.94. The molecule has 7 heteroatoms. The molecule has 0 radical (unpaired) electrons. The van der Waals surface area contributed by atoms with Crippen molar-refractivity contribution in [3.8, 4) is 0 Å². The minimum absolute atomic E-state index is 0.190. The van der Waals surface area contributed by atoms with Crippen LogP contribution >= 0.6 is 0 Å². The van der Waals surface area contributed by atoms with Crippen LogP contribution in [-0.2, 0) is 6.54 Å². The van der Waals surface area contributed by atoms with Crippen molar-refractivity contribution in [2.24, 2.45) is 0 Å². The molecular weight excluding hydrogens is 326 g/mol. The molecule has 1 aliphatic rings. The smallest absolute Gasteiger partial charge is 0.254 e. The van der Waals surface area contributed by atoms with Crippen LogP contribution in [0, 0.1) is 25.5 Å². The molecule has 1 fully saturated rings. The van der Waals surface area contributed by atoms with Gasteiger partial charge in [0.25, 0.3) is 5.91 Å². The molecule has 1 aromatic carbocycles. The third kappa shape index (κ3) is 4.04. The molecule has 0 bridgehead atoms. The highest BCUT2D eigenvalue weighted by Crippen LogP contribution is 2.13. The van der Waals surface area contributed by atoms with Crippen LogP contribution in [0.3, 0.4) is 0 Å². The van der Waals surface area contributed by atoms with Crippen molar-refractivity contribution in [1.29, 1.82) is 0 Å². The number of nitrogens with zero attached hydrogens (tertiary/aromatic N) is 4. The highest BCUT2D eigenvalue weighted by atomic mass is 19.2. The highest BCUT2D eigenvalue weighted by Gasteiger charge is 2.22. The Morgan fingerprint density at radius 1 is 1.04 bits per heavy atom. The van der Waals surface area contributed by atoms with Gasteiger partial charge in [0.1, 0.15) is 0 Å². The van der Waals surface area contributed by atoms with Crippen molar-refractivity contribution in [3.63, 3.8) is 0 Å². The standard InChI is InChI=1S/C18H22F2N4O/c1-13-11-14(2)24(21-13)10-7-22-5-8-23(9-6-22)18(25)15-3-4-16(19)17(20)12-15/h3-4,11-12H,5-10H2,1-2H3. The zero-order valence-electron chi connectivity index (χ0n) is 14.5. The van der Waals surface area contributed by atoms with Crippen molar-refractivity contribution in [3.05, 3.63) is 52.9 Å². The number of carbonyl (C=O) groups excluding carboxylic acids is 1. The normalized spacial score (nSPS) is 15.6. The van der Waals surface area contributed by atoms with E-state index in [1.54, 1.807) is 4.90 Å². The number of benzene rings is 1. The minimum Gasteiger partial charge on any atom is -0.336 e. The summed E-state index contributed by atoms with van der Waals surface area (Å²) in [6, 6.07) is 5.34. The lowest BCUT2D eigenvalue weighted by Gasteiger charge is -2.34. The summed E-state index contributed by atoms with van der Waals surface area (Å²) in [7, 11) is 0. The van der Waals surface area contributed by atoms with Crippen LogP contribution < -0.4 is 0 Å². The van der Waals surface area contributed by atoms with Gasteiger partial charge in [0.15, 0.2) is 11.6 Å². The van der Waals surface area contributed by atoms with Gasteiger partial charge in [-0.2, -0.15) is 5.10 Å². The predicted molar refractivity (Wildman–Crippen MR) is 90.4 cm³/mol. The van der Waals surface area contributed by atoms with Gasteiger partial charge in [0, 0.05) is 44.0 Å². The fourth-order valence-corrected chi connectivity index (χ4v) is 3.12. The second-order valence-electron chi connectivity index (χ2n) is 6.41. The minimum atomic E-state index is -0.991. The van der Waals surface area contributed by atoms with E-state index in [0.29, 0.717) is 13.1 Å². The second kappa shape index (κ2) is 7.31. The van der Waals surface area contributed by atoms with Gasteiger partial charge >= 0.3 is 0 Å². The zero-order chi connectivity index (χ0) is 18.0. The van der Waals surface area contributed by atoms with E-state index >= 15 is 0 Å². The quantitative estimate of drug-likeness (QED) is 0.851. The van der Waals surface area contributed by atoms with Gasteiger partial charge in [-0.25, -0.2) is 8.78 Å². The summed E-state index contributed by atoms with van der Waals surface area (Å²) in [6.45, 7) is 8.38. The van der Waals surface area contributed by atoms with Crippen molar-refractivity contribution in [2.45, 2.75) is 20.4 Å². The van der Waals surface area contributed by atoms with E-state index in [4.69, 9.17) is 0 Å². The molecule has 1 aliphatic heterocycles. The van der Waals surface area contributed by atoms with Gasteiger partial charge in [-0.05, 0) is 38.1 Å². The Balaban J connectivity index is 1.52. The Kier molecular flexibility index (Phi) is 5.13. The summed E-state index contributed by atoms with van der Waals surface area (Å²) in [4.78, 5) is 16.4. The van der Waals surface area contributed by atoms with Gasteiger partial charge < -0.3 is 4.90 Å². The molecule has 3 rings (SSSR count). The number of halogens is 2. The van der Waals surface area contributed by atoms with Crippen LogP contribution in [0.15, 0.2) is 24.3 Å². The molecule has 0 aliphatic carbocycles. The van der Waals surface area contributed by atoms with Crippen LogP contribution in [-0.4, -0.2) is 58.2 Å². The first-order valence-corrected chi connectivity index (χ1v) is 8.42. The van der Waals surface area contributed by atoms with Crippen molar-refractivity contribution in [2.75, 3.05) is 32.7 Å². The molecule has 2 heterocycles. The number of rotatable bonds is 4. The van der Waals surface area contributed by atoms with Crippen molar-refractivity contribution >= 4 is 5.91 Å².